The van der Waals surface area contributed by atoms with Crippen LogP contribution in [0.5, 0.6) is 11.5 Å². The molecular weight excluding hydrogens is 396 g/mol. The topological polar surface area (TPSA) is 78.9 Å². The van der Waals surface area contributed by atoms with Crippen LogP contribution in [-0.4, -0.2) is 24.0 Å². The highest BCUT2D eigenvalue weighted by Gasteiger charge is 2.28. The Balaban J connectivity index is 2.20. The molecule has 2 rings (SSSR count). The number of rotatable bonds is 5. The van der Waals surface area contributed by atoms with Crippen molar-refractivity contribution in [1.29, 1.82) is 0 Å². The van der Waals surface area contributed by atoms with Gasteiger partial charge in [-0.05, 0) is 91.0 Å². The number of hydrogen-bond donors (Lipinski definition) is 0. The van der Waals surface area contributed by atoms with E-state index in [-0.39, 0.29) is 17.6 Å². The van der Waals surface area contributed by atoms with Gasteiger partial charge in [-0.15, -0.1) is 0 Å². The minimum atomic E-state index is -0.735. The predicted octanol–water partition coefficient (Wildman–Crippen LogP) is 5.48. The molecule has 1 aliphatic rings. The lowest BCUT2D eigenvalue weighted by atomic mass is 9.97. The van der Waals surface area contributed by atoms with E-state index in [2.05, 4.69) is 0 Å². The van der Waals surface area contributed by atoms with Crippen LogP contribution >= 0.6 is 0 Å². The summed E-state index contributed by atoms with van der Waals surface area (Å²) < 4.78 is 16.5. The Morgan fingerprint density at radius 3 is 1.94 bits per heavy atom. The molecule has 170 valence electrons. The lowest BCUT2D eigenvalue weighted by Gasteiger charge is -2.21. The Labute approximate surface area is 184 Å². The van der Waals surface area contributed by atoms with Gasteiger partial charge in [-0.25, -0.2) is 4.79 Å². The van der Waals surface area contributed by atoms with Crippen LogP contribution in [0.2, 0.25) is 0 Å². The minimum Gasteiger partial charge on any atom is -0.459 e. The fourth-order valence-electron chi connectivity index (χ4n) is 2.85. The highest BCUT2D eigenvalue weighted by atomic mass is 16.6. The molecule has 1 aromatic carbocycles. The summed E-state index contributed by atoms with van der Waals surface area (Å²) in [5.41, 5.74) is -0.832. The molecule has 1 aromatic rings. The van der Waals surface area contributed by atoms with Crippen LogP contribution in [0.25, 0.3) is 6.08 Å². The smallest absolute Gasteiger partial charge is 0.331 e. The van der Waals surface area contributed by atoms with Crippen LogP contribution in [0.1, 0.15) is 79.2 Å². The molecular formula is C25H34O6. The first-order valence-corrected chi connectivity index (χ1v) is 10.8. The van der Waals surface area contributed by atoms with Gasteiger partial charge in [-0.3, -0.25) is 9.59 Å². The zero-order chi connectivity index (χ0) is 23.2. The van der Waals surface area contributed by atoms with Gasteiger partial charge in [0.2, 0.25) is 0 Å². The highest BCUT2D eigenvalue weighted by molar-refractivity contribution is 5.87. The van der Waals surface area contributed by atoms with Gasteiger partial charge in [0.25, 0.3) is 0 Å². The Kier molecular flexibility index (Phi) is 8.04. The molecule has 0 aliphatic heterocycles. The summed E-state index contributed by atoms with van der Waals surface area (Å²) in [7, 11) is 0. The number of benzene rings is 1. The summed E-state index contributed by atoms with van der Waals surface area (Å²) in [6.45, 7) is 10.4. The van der Waals surface area contributed by atoms with E-state index in [0.717, 1.165) is 25.7 Å². The molecule has 0 unspecified atom stereocenters. The fourth-order valence-corrected chi connectivity index (χ4v) is 2.85. The summed E-state index contributed by atoms with van der Waals surface area (Å²) in [5, 5.41) is 0. The molecule has 0 radical (unpaired) electrons. The molecule has 0 saturated heterocycles. The average molecular weight is 431 g/mol. The molecule has 0 aromatic heterocycles. The fraction of sp³-hybridized carbons (Fsp3) is 0.560. The minimum absolute atomic E-state index is 0.0200. The maximum absolute atomic E-state index is 12.4. The molecule has 0 atom stereocenters. The monoisotopic (exact) mass is 430 g/mol. The first-order chi connectivity index (χ1) is 14.4. The summed E-state index contributed by atoms with van der Waals surface area (Å²) in [6, 6.07) is 4.81. The zero-order valence-electron chi connectivity index (χ0n) is 19.4. The van der Waals surface area contributed by atoms with E-state index in [9.17, 15) is 14.4 Å². The Bertz CT molecular complexity index is 833. The van der Waals surface area contributed by atoms with Crippen molar-refractivity contribution in [2.24, 2.45) is 10.8 Å². The van der Waals surface area contributed by atoms with Crippen LogP contribution in [0, 0.1) is 10.8 Å². The highest BCUT2D eigenvalue weighted by Crippen LogP contribution is 2.33. The largest absolute Gasteiger partial charge is 0.459 e. The van der Waals surface area contributed by atoms with Gasteiger partial charge >= 0.3 is 17.9 Å². The number of carbonyl (C=O) groups excluding carboxylic acids is 3. The summed E-state index contributed by atoms with van der Waals surface area (Å²) in [4.78, 5) is 36.9. The molecule has 0 spiro atoms. The van der Waals surface area contributed by atoms with Gasteiger partial charge in [0, 0.05) is 6.08 Å². The quantitative estimate of drug-likeness (QED) is 0.350. The standard InChI is InChI=1S/C25H34O6/c1-24(2,3)22(27)30-19-14-12-17(16-20(19)31-23(28)25(4,5)6)13-15-21(26)29-18-10-8-7-9-11-18/h12-16,18H,7-11H2,1-6H3/b15-13+. The number of esters is 3. The maximum atomic E-state index is 12.4. The third-order valence-corrected chi connectivity index (χ3v) is 4.84. The van der Waals surface area contributed by atoms with Crippen molar-refractivity contribution in [3.8, 4) is 11.5 Å². The summed E-state index contributed by atoms with van der Waals surface area (Å²) >= 11 is 0. The molecule has 1 fully saturated rings. The van der Waals surface area contributed by atoms with Crippen molar-refractivity contribution in [2.75, 3.05) is 0 Å². The molecule has 0 bridgehead atoms. The third kappa shape index (κ3) is 7.85. The van der Waals surface area contributed by atoms with Gasteiger partial charge in [0.05, 0.1) is 10.8 Å². The summed E-state index contributed by atoms with van der Waals surface area (Å²) in [5.74, 6) is -1.03. The number of hydrogen-bond acceptors (Lipinski definition) is 6. The maximum Gasteiger partial charge on any atom is 0.331 e. The number of ether oxygens (including phenoxy) is 3. The van der Waals surface area contributed by atoms with Gasteiger partial charge in [0.1, 0.15) is 6.10 Å². The molecule has 31 heavy (non-hydrogen) atoms. The van der Waals surface area contributed by atoms with E-state index in [1.807, 2.05) is 0 Å². The Morgan fingerprint density at radius 2 is 1.39 bits per heavy atom. The second-order valence-electron chi connectivity index (χ2n) is 10.0. The summed E-state index contributed by atoms with van der Waals surface area (Å²) in [6.07, 6.45) is 8.09. The van der Waals surface area contributed by atoms with Crippen molar-refractivity contribution in [3.63, 3.8) is 0 Å². The van der Waals surface area contributed by atoms with Crippen LogP contribution < -0.4 is 9.47 Å². The van der Waals surface area contributed by atoms with Gasteiger partial charge < -0.3 is 14.2 Å². The molecule has 0 heterocycles. The lowest BCUT2D eigenvalue weighted by molar-refractivity contribution is -0.145. The van der Waals surface area contributed by atoms with E-state index < -0.39 is 28.7 Å². The third-order valence-electron chi connectivity index (χ3n) is 4.84. The van der Waals surface area contributed by atoms with Gasteiger partial charge in [-0.1, -0.05) is 12.5 Å². The van der Waals surface area contributed by atoms with Gasteiger partial charge in [0.15, 0.2) is 11.5 Å². The number of carbonyl (C=O) groups is 3. The molecule has 1 aliphatic carbocycles. The van der Waals surface area contributed by atoms with Crippen molar-refractivity contribution in [3.05, 3.63) is 29.8 Å². The van der Waals surface area contributed by atoms with E-state index in [0.29, 0.717) is 5.56 Å². The van der Waals surface area contributed by atoms with Crippen LogP contribution in [0.4, 0.5) is 0 Å². The van der Waals surface area contributed by atoms with Crippen molar-refractivity contribution >= 4 is 24.0 Å². The first kappa shape index (κ1) is 24.6. The molecule has 6 nitrogen and oxygen atoms in total. The van der Waals surface area contributed by atoms with Crippen molar-refractivity contribution in [1.82, 2.24) is 0 Å². The van der Waals surface area contributed by atoms with Crippen molar-refractivity contribution in [2.45, 2.75) is 79.8 Å². The van der Waals surface area contributed by atoms with E-state index in [1.54, 1.807) is 65.8 Å². The molecule has 6 heteroatoms. The Hall–Kier alpha value is -2.63. The van der Waals surface area contributed by atoms with Crippen molar-refractivity contribution < 1.29 is 28.6 Å². The first-order valence-electron chi connectivity index (χ1n) is 10.8. The average Bonchev–Trinajstić information content (AvgIpc) is 2.67. The van der Waals surface area contributed by atoms with Crippen LogP contribution in [0.3, 0.4) is 0 Å². The second kappa shape index (κ2) is 10.1. The van der Waals surface area contributed by atoms with Crippen LogP contribution in [0.15, 0.2) is 24.3 Å². The normalized spacial score (nSPS) is 15.5. The van der Waals surface area contributed by atoms with Gasteiger partial charge in [-0.2, -0.15) is 0 Å². The zero-order valence-corrected chi connectivity index (χ0v) is 19.4. The van der Waals surface area contributed by atoms with E-state index in [1.165, 1.54) is 12.5 Å². The van der Waals surface area contributed by atoms with Crippen LogP contribution in [-0.2, 0) is 19.1 Å². The van der Waals surface area contributed by atoms with E-state index in [4.69, 9.17) is 14.2 Å². The van der Waals surface area contributed by atoms with E-state index >= 15 is 0 Å². The second-order valence-corrected chi connectivity index (χ2v) is 10.0. The lowest BCUT2D eigenvalue weighted by Crippen LogP contribution is -2.27. The SMILES string of the molecule is CC(C)(C)C(=O)Oc1ccc(/C=C/C(=O)OC2CCCCC2)cc1OC(=O)C(C)(C)C. The molecule has 0 N–H and O–H groups in total. The predicted molar refractivity (Wildman–Crippen MR) is 119 cm³/mol. The Morgan fingerprint density at radius 1 is 0.839 bits per heavy atom. The molecule has 1 saturated carbocycles. The molecule has 0 amide bonds.